The van der Waals surface area contributed by atoms with Crippen LogP contribution in [0, 0.1) is 11.8 Å². The van der Waals surface area contributed by atoms with E-state index in [9.17, 15) is 9.90 Å². The van der Waals surface area contributed by atoms with E-state index in [-0.39, 0.29) is 17.9 Å². The fourth-order valence-corrected chi connectivity index (χ4v) is 4.09. The minimum absolute atomic E-state index is 0.164. The second-order valence-electron chi connectivity index (χ2n) is 5.79. The van der Waals surface area contributed by atoms with Gasteiger partial charge in [0.2, 0.25) is 0 Å². The van der Waals surface area contributed by atoms with Gasteiger partial charge in [0.1, 0.15) is 5.01 Å². The summed E-state index contributed by atoms with van der Waals surface area (Å²) in [7, 11) is 0. The van der Waals surface area contributed by atoms with Gasteiger partial charge in [0, 0.05) is 0 Å². The number of hydrogen-bond acceptors (Lipinski definition) is 4. The van der Waals surface area contributed by atoms with Crippen molar-refractivity contribution in [1.29, 1.82) is 0 Å². The second kappa shape index (κ2) is 6.12. The zero-order valence-corrected chi connectivity index (χ0v) is 12.9. The SMILES string of the molecule is CC(NCC1CCCC1C(=O)O)c1nc2ccccc2s1. The third-order valence-corrected chi connectivity index (χ3v) is 5.56. The molecule has 0 bridgehead atoms. The van der Waals surface area contributed by atoms with Crippen molar-refractivity contribution in [2.45, 2.75) is 32.2 Å². The lowest BCUT2D eigenvalue weighted by atomic mass is 9.96. The summed E-state index contributed by atoms with van der Waals surface area (Å²) in [5.74, 6) is -0.577. The third kappa shape index (κ3) is 3.09. The molecule has 0 radical (unpaired) electrons. The molecule has 1 aromatic heterocycles. The fraction of sp³-hybridized carbons (Fsp3) is 0.500. The highest BCUT2D eigenvalue weighted by atomic mass is 32.1. The number of thiazole rings is 1. The van der Waals surface area contributed by atoms with Gasteiger partial charge >= 0.3 is 5.97 Å². The maximum atomic E-state index is 11.2. The summed E-state index contributed by atoms with van der Waals surface area (Å²) in [5.41, 5.74) is 1.04. The minimum atomic E-state index is -0.646. The highest BCUT2D eigenvalue weighted by Gasteiger charge is 2.32. The number of para-hydroxylation sites is 1. The first kappa shape index (κ1) is 14.5. The Labute approximate surface area is 128 Å². The molecule has 3 unspecified atom stereocenters. The first-order valence-corrected chi connectivity index (χ1v) is 8.28. The molecule has 1 heterocycles. The van der Waals surface area contributed by atoms with Crippen molar-refractivity contribution in [3.05, 3.63) is 29.3 Å². The maximum Gasteiger partial charge on any atom is 0.306 e. The zero-order valence-electron chi connectivity index (χ0n) is 12.1. The maximum absolute atomic E-state index is 11.2. The lowest BCUT2D eigenvalue weighted by molar-refractivity contribution is -0.142. The summed E-state index contributed by atoms with van der Waals surface area (Å²) in [6.07, 6.45) is 2.85. The van der Waals surface area contributed by atoms with E-state index in [1.807, 2.05) is 18.2 Å². The number of rotatable bonds is 5. The Morgan fingerprint density at radius 3 is 3.05 bits per heavy atom. The summed E-state index contributed by atoms with van der Waals surface area (Å²) >= 11 is 1.71. The minimum Gasteiger partial charge on any atom is -0.481 e. The monoisotopic (exact) mass is 304 g/mol. The van der Waals surface area contributed by atoms with E-state index >= 15 is 0 Å². The van der Waals surface area contributed by atoms with Gasteiger partial charge in [-0.15, -0.1) is 11.3 Å². The summed E-state index contributed by atoms with van der Waals surface area (Å²) in [5, 5.41) is 13.8. The van der Waals surface area contributed by atoms with Gasteiger partial charge in [0.25, 0.3) is 0 Å². The molecule has 0 spiro atoms. The number of nitrogens with one attached hydrogen (secondary N) is 1. The second-order valence-corrected chi connectivity index (χ2v) is 6.85. The van der Waals surface area contributed by atoms with Crippen LogP contribution < -0.4 is 5.32 Å². The van der Waals surface area contributed by atoms with Crippen molar-refractivity contribution >= 4 is 27.5 Å². The fourth-order valence-electron chi connectivity index (χ4n) is 3.10. The largest absolute Gasteiger partial charge is 0.481 e. The van der Waals surface area contributed by atoms with Crippen molar-refractivity contribution in [1.82, 2.24) is 10.3 Å². The van der Waals surface area contributed by atoms with Crippen molar-refractivity contribution in [2.75, 3.05) is 6.54 Å². The number of aliphatic carboxylic acids is 1. The van der Waals surface area contributed by atoms with E-state index in [0.29, 0.717) is 0 Å². The summed E-state index contributed by atoms with van der Waals surface area (Å²) < 4.78 is 1.20. The average molecular weight is 304 g/mol. The zero-order chi connectivity index (χ0) is 14.8. The van der Waals surface area contributed by atoms with Gasteiger partial charge in [-0.05, 0) is 44.4 Å². The van der Waals surface area contributed by atoms with Gasteiger partial charge in [0.05, 0.1) is 22.2 Å². The third-order valence-electron chi connectivity index (χ3n) is 4.34. The number of carboxylic acid groups (broad SMARTS) is 1. The Balaban J connectivity index is 1.63. The van der Waals surface area contributed by atoms with Crippen LogP contribution in [0.5, 0.6) is 0 Å². The average Bonchev–Trinajstić information content (AvgIpc) is 3.10. The molecule has 2 N–H and O–H groups in total. The van der Waals surface area contributed by atoms with E-state index in [2.05, 4.69) is 23.3 Å². The molecule has 4 nitrogen and oxygen atoms in total. The molecular weight excluding hydrogens is 284 g/mol. The van der Waals surface area contributed by atoms with Crippen LogP contribution in [0.1, 0.15) is 37.2 Å². The Kier molecular flexibility index (Phi) is 4.22. The molecular formula is C16H20N2O2S. The molecule has 1 aromatic carbocycles. The molecule has 2 aromatic rings. The molecule has 0 amide bonds. The summed E-state index contributed by atoms with van der Waals surface area (Å²) in [6.45, 7) is 2.86. The number of carboxylic acids is 1. The topological polar surface area (TPSA) is 62.2 Å². The van der Waals surface area contributed by atoms with Crippen LogP contribution in [0.3, 0.4) is 0 Å². The van der Waals surface area contributed by atoms with E-state index in [0.717, 1.165) is 36.3 Å². The molecule has 1 aliphatic carbocycles. The first-order chi connectivity index (χ1) is 10.1. The van der Waals surface area contributed by atoms with Crippen molar-refractivity contribution in [2.24, 2.45) is 11.8 Å². The molecule has 21 heavy (non-hydrogen) atoms. The molecule has 3 rings (SSSR count). The predicted octanol–water partition coefficient (Wildman–Crippen LogP) is 3.45. The van der Waals surface area contributed by atoms with Gasteiger partial charge in [-0.2, -0.15) is 0 Å². The van der Waals surface area contributed by atoms with Crippen LogP contribution in [0.4, 0.5) is 0 Å². The predicted molar refractivity (Wildman–Crippen MR) is 84.5 cm³/mol. The standard InChI is InChI=1S/C16H20N2O2S/c1-10(15-18-13-7-2-3-8-14(13)21-15)17-9-11-5-4-6-12(11)16(19)20/h2-3,7-8,10-12,17H,4-6,9H2,1H3,(H,19,20). The Morgan fingerprint density at radius 2 is 2.29 bits per heavy atom. The number of fused-ring (bicyclic) bond motifs is 1. The molecule has 0 aliphatic heterocycles. The molecule has 1 aliphatic rings. The quantitative estimate of drug-likeness (QED) is 0.888. The highest BCUT2D eigenvalue weighted by Crippen LogP contribution is 2.32. The van der Waals surface area contributed by atoms with Gasteiger partial charge in [-0.1, -0.05) is 18.6 Å². The number of benzene rings is 1. The molecule has 5 heteroatoms. The van der Waals surface area contributed by atoms with Crippen LogP contribution in [0.25, 0.3) is 10.2 Å². The summed E-state index contributed by atoms with van der Waals surface area (Å²) in [6, 6.07) is 8.30. The molecule has 3 atom stereocenters. The van der Waals surface area contributed by atoms with Crippen LogP contribution in [-0.2, 0) is 4.79 Å². The van der Waals surface area contributed by atoms with Crippen molar-refractivity contribution in [3.63, 3.8) is 0 Å². The highest BCUT2D eigenvalue weighted by molar-refractivity contribution is 7.18. The van der Waals surface area contributed by atoms with Gasteiger partial charge in [0.15, 0.2) is 0 Å². The lowest BCUT2D eigenvalue weighted by Crippen LogP contribution is -2.30. The van der Waals surface area contributed by atoms with Gasteiger partial charge in [-0.3, -0.25) is 4.79 Å². The first-order valence-electron chi connectivity index (χ1n) is 7.47. The van der Waals surface area contributed by atoms with Crippen LogP contribution in [-0.4, -0.2) is 22.6 Å². The molecule has 112 valence electrons. The number of aromatic nitrogens is 1. The Hall–Kier alpha value is -1.46. The number of carbonyl (C=O) groups is 1. The van der Waals surface area contributed by atoms with E-state index in [1.165, 1.54) is 4.70 Å². The smallest absolute Gasteiger partial charge is 0.306 e. The van der Waals surface area contributed by atoms with E-state index < -0.39 is 5.97 Å². The van der Waals surface area contributed by atoms with Crippen LogP contribution >= 0.6 is 11.3 Å². The van der Waals surface area contributed by atoms with Crippen molar-refractivity contribution in [3.8, 4) is 0 Å². The van der Waals surface area contributed by atoms with Crippen LogP contribution in [0.2, 0.25) is 0 Å². The van der Waals surface area contributed by atoms with Gasteiger partial charge < -0.3 is 10.4 Å². The molecule has 1 saturated carbocycles. The summed E-state index contributed by atoms with van der Waals surface area (Å²) in [4.78, 5) is 15.9. The van der Waals surface area contributed by atoms with Gasteiger partial charge in [-0.25, -0.2) is 4.98 Å². The number of nitrogens with zero attached hydrogens (tertiary/aromatic N) is 1. The molecule has 0 saturated heterocycles. The lowest BCUT2D eigenvalue weighted by Gasteiger charge is -2.19. The molecule has 1 fully saturated rings. The Bertz CT molecular complexity index is 607. The Morgan fingerprint density at radius 1 is 1.48 bits per heavy atom. The van der Waals surface area contributed by atoms with E-state index in [1.54, 1.807) is 11.3 Å². The van der Waals surface area contributed by atoms with E-state index in [4.69, 9.17) is 0 Å². The van der Waals surface area contributed by atoms with Crippen LogP contribution in [0.15, 0.2) is 24.3 Å². The van der Waals surface area contributed by atoms with Crippen molar-refractivity contribution < 1.29 is 9.90 Å². The number of hydrogen-bond donors (Lipinski definition) is 2. The normalized spacial score (nSPS) is 23.5.